The first-order chi connectivity index (χ1) is 9.19. The highest BCUT2D eigenvalue weighted by Crippen LogP contribution is 2.35. The Morgan fingerprint density at radius 1 is 1.00 bits per heavy atom. The van der Waals surface area contributed by atoms with Gasteiger partial charge in [-0.05, 0) is 39.0 Å². The Kier molecular flexibility index (Phi) is 4.05. The van der Waals surface area contributed by atoms with Gasteiger partial charge in [-0.2, -0.15) is 0 Å². The molecular formula is C16H18O3. The molecule has 0 radical (unpaired) electrons. The van der Waals surface area contributed by atoms with Crippen molar-refractivity contribution >= 4 is 16.6 Å². The lowest BCUT2D eigenvalue weighted by Crippen LogP contribution is -2.02. The minimum absolute atomic E-state index is 0.00663. The van der Waals surface area contributed by atoms with Gasteiger partial charge in [-0.1, -0.05) is 12.1 Å². The number of hydrogen-bond donors (Lipinski definition) is 0. The number of benzene rings is 2. The summed E-state index contributed by atoms with van der Waals surface area (Å²) in [4.78, 5) is 11.7. The van der Waals surface area contributed by atoms with Crippen molar-refractivity contribution < 1.29 is 14.3 Å². The van der Waals surface area contributed by atoms with Crippen LogP contribution in [0.2, 0.25) is 0 Å². The zero-order valence-electron chi connectivity index (χ0n) is 11.5. The van der Waals surface area contributed by atoms with Gasteiger partial charge in [0.05, 0.1) is 18.8 Å². The standard InChI is InChI=1S/C16H18O3/c1-4-18-15-8-6-7-14-13(15)10-9-12(11(3)17)16(14)19-5-2/h6-10H,4-5H2,1-3H3. The fourth-order valence-electron chi connectivity index (χ4n) is 2.16. The van der Waals surface area contributed by atoms with Crippen LogP contribution in [-0.2, 0) is 0 Å². The van der Waals surface area contributed by atoms with Gasteiger partial charge in [0.2, 0.25) is 0 Å². The smallest absolute Gasteiger partial charge is 0.163 e. The second kappa shape index (κ2) is 5.74. The van der Waals surface area contributed by atoms with Gasteiger partial charge < -0.3 is 9.47 Å². The molecule has 0 spiro atoms. The van der Waals surface area contributed by atoms with E-state index in [-0.39, 0.29) is 5.78 Å². The second-order valence-corrected chi connectivity index (χ2v) is 4.22. The molecule has 2 aromatic carbocycles. The molecule has 0 fully saturated rings. The Bertz CT molecular complexity index is 602. The summed E-state index contributed by atoms with van der Waals surface area (Å²) in [6, 6.07) is 9.52. The van der Waals surface area contributed by atoms with Gasteiger partial charge in [0, 0.05) is 10.8 Å². The van der Waals surface area contributed by atoms with Crippen molar-refractivity contribution in [2.24, 2.45) is 0 Å². The fourth-order valence-corrected chi connectivity index (χ4v) is 2.16. The van der Waals surface area contributed by atoms with Gasteiger partial charge in [-0.15, -0.1) is 0 Å². The van der Waals surface area contributed by atoms with E-state index in [0.29, 0.717) is 24.5 Å². The zero-order valence-corrected chi connectivity index (χ0v) is 11.5. The van der Waals surface area contributed by atoms with Crippen LogP contribution in [-0.4, -0.2) is 19.0 Å². The number of rotatable bonds is 5. The quantitative estimate of drug-likeness (QED) is 0.764. The molecule has 0 N–H and O–H groups in total. The summed E-state index contributed by atoms with van der Waals surface area (Å²) in [5, 5.41) is 1.89. The number of carbonyl (C=O) groups excluding carboxylic acids is 1. The maximum atomic E-state index is 11.7. The molecule has 100 valence electrons. The molecule has 0 aliphatic carbocycles. The first kappa shape index (κ1) is 13.4. The summed E-state index contributed by atoms with van der Waals surface area (Å²) in [6.07, 6.45) is 0. The SMILES string of the molecule is CCOc1cccc2c(OCC)c(C(C)=O)ccc12. The third-order valence-electron chi connectivity index (χ3n) is 2.94. The Morgan fingerprint density at radius 2 is 1.74 bits per heavy atom. The summed E-state index contributed by atoms with van der Waals surface area (Å²) >= 11 is 0. The number of Topliss-reactive ketones (excluding diaryl/α,β-unsaturated/α-hetero) is 1. The number of hydrogen-bond acceptors (Lipinski definition) is 3. The molecule has 3 nitrogen and oxygen atoms in total. The van der Waals surface area contributed by atoms with E-state index >= 15 is 0 Å². The fraction of sp³-hybridized carbons (Fsp3) is 0.312. The van der Waals surface area contributed by atoms with Crippen molar-refractivity contribution in [2.75, 3.05) is 13.2 Å². The Morgan fingerprint density at radius 3 is 2.37 bits per heavy atom. The van der Waals surface area contributed by atoms with Crippen LogP contribution in [0.25, 0.3) is 10.8 Å². The van der Waals surface area contributed by atoms with Gasteiger partial charge in [-0.25, -0.2) is 0 Å². The highest BCUT2D eigenvalue weighted by Gasteiger charge is 2.14. The molecule has 0 bridgehead atoms. The molecule has 0 aromatic heterocycles. The van der Waals surface area contributed by atoms with Crippen LogP contribution in [0, 0.1) is 0 Å². The van der Waals surface area contributed by atoms with Gasteiger partial charge in [0.25, 0.3) is 0 Å². The van der Waals surface area contributed by atoms with Crippen molar-refractivity contribution in [2.45, 2.75) is 20.8 Å². The van der Waals surface area contributed by atoms with Crippen molar-refractivity contribution in [3.05, 3.63) is 35.9 Å². The lowest BCUT2D eigenvalue weighted by Gasteiger charge is -2.14. The number of carbonyl (C=O) groups is 1. The second-order valence-electron chi connectivity index (χ2n) is 4.22. The molecule has 0 saturated carbocycles. The van der Waals surface area contributed by atoms with Crippen LogP contribution in [0.4, 0.5) is 0 Å². The normalized spacial score (nSPS) is 10.5. The van der Waals surface area contributed by atoms with Crippen molar-refractivity contribution in [1.29, 1.82) is 0 Å². The molecule has 19 heavy (non-hydrogen) atoms. The molecule has 3 heteroatoms. The van der Waals surface area contributed by atoms with E-state index in [1.165, 1.54) is 0 Å². The highest BCUT2D eigenvalue weighted by molar-refractivity contribution is 6.05. The molecule has 0 saturated heterocycles. The van der Waals surface area contributed by atoms with Crippen LogP contribution < -0.4 is 9.47 Å². The molecule has 2 aromatic rings. The molecule has 0 unspecified atom stereocenters. The average molecular weight is 258 g/mol. The maximum absolute atomic E-state index is 11.7. The van der Waals surface area contributed by atoms with Gasteiger partial charge in [-0.3, -0.25) is 4.79 Å². The first-order valence-electron chi connectivity index (χ1n) is 6.51. The Balaban J connectivity index is 2.71. The number of ketones is 1. The van der Waals surface area contributed by atoms with Gasteiger partial charge in [0.1, 0.15) is 11.5 Å². The molecule has 2 rings (SSSR count). The predicted octanol–water partition coefficient (Wildman–Crippen LogP) is 3.84. The topological polar surface area (TPSA) is 35.5 Å². The minimum Gasteiger partial charge on any atom is -0.493 e. The molecular weight excluding hydrogens is 240 g/mol. The third-order valence-corrected chi connectivity index (χ3v) is 2.94. The van der Waals surface area contributed by atoms with Crippen LogP contribution >= 0.6 is 0 Å². The van der Waals surface area contributed by atoms with E-state index in [0.717, 1.165) is 16.5 Å². The Labute approximate surface area is 113 Å². The van der Waals surface area contributed by atoms with Crippen LogP contribution in [0.3, 0.4) is 0 Å². The number of ether oxygens (including phenoxy) is 2. The molecule has 0 aliphatic heterocycles. The zero-order chi connectivity index (χ0) is 13.8. The van der Waals surface area contributed by atoms with Crippen molar-refractivity contribution in [3.63, 3.8) is 0 Å². The van der Waals surface area contributed by atoms with E-state index in [9.17, 15) is 4.79 Å². The van der Waals surface area contributed by atoms with E-state index in [1.807, 2.05) is 38.1 Å². The lowest BCUT2D eigenvalue weighted by molar-refractivity contribution is 0.101. The number of fused-ring (bicyclic) bond motifs is 1. The minimum atomic E-state index is 0.00663. The third kappa shape index (κ3) is 2.55. The summed E-state index contributed by atoms with van der Waals surface area (Å²) < 4.78 is 11.3. The van der Waals surface area contributed by atoms with E-state index < -0.39 is 0 Å². The predicted molar refractivity (Wildman–Crippen MR) is 76.3 cm³/mol. The van der Waals surface area contributed by atoms with E-state index in [2.05, 4.69) is 0 Å². The molecule has 0 aliphatic rings. The van der Waals surface area contributed by atoms with Gasteiger partial charge in [0.15, 0.2) is 5.78 Å². The highest BCUT2D eigenvalue weighted by atomic mass is 16.5. The van der Waals surface area contributed by atoms with Crippen LogP contribution in [0.1, 0.15) is 31.1 Å². The molecule has 0 atom stereocenters. The summed E-state index contributed by atoms with van der Waals surface area (Å²) in [5.41, 5.74) is 0.614. The summed E-state index contributed by atoms with van der Waals surface area (Å²) in [6.45, 7) is 6.55. The first-order valence-corrected chi connectivity index (χ1v) is 6.51. The van der Waals surface area contributed by atoms with E-state index in [4.69, 9.17) is 9.47 Å². The van der Waals surface area contributed by atoms with Crippen molar-refractivity contribution in [1.82, 2.24) is 0 Å². The Hall–Kier alpha value is -2.03. The summed E-state index contributed by atoms with van der Waals surface area (Å²) in [5.74, 6) is 1.47. The van der Waals surface area contributed by atoms with Crippen LogP contribution in [0.15, 0.2) is 30.3 Å². The van der Waals surface area contributed by atoms with Gasteiger partial charge >= 0.3 is 0 Å². The molecule has 0 heterocycles. The van der Waals surface area contributed by atoms with Crippen molar-refractivity contribution in [3.8, 4) is 11.5 Å². The monoisotopic (exact) mass is 258 g/mol. The lowest BCUT2D eigenvalue weighted by atomic mass is 10.0. The van der Waals surface area contributed by atoms with Crippen LogP contribution in [0.5, 0.6) is 11.5 Å². The summed E-state index contributed by atoms with van der Waals surface area (Å²) in [7, 11) is 0. The van der Waals surface area contributed by atoms with E-state index in [1.54, 1.807) is 13.0 Å². The maximum Gasteiger partial charge on any atom is 0.163 e. The molecule has 0 amide bonds. The average Bonchev–Trinajstić information content (AvgIpc) is 2.40. The largest absolute Gasteiger partial charge is 0.493 e.